The van der Waals surface area contributed by atoms with Gasteiger partial charge in [0.15, 0.2) is 0 Å². The maximum atomic E-state index is 5.66. The molecule has 0 saturated carbocycles. The van der Waals surface area contributed by atoms with Gasteiger partial charge in [-0.1, -0.05) is 121 Å². The van der Waals surface area contributed by atoms with E-state index in [-0.39, 0.29) is 0 Å². The minimum absolute atomic E-state index is 0.733. The monoisotopic (exact) mass is 1210 g/mol. The molecule has 0 aliphatic carbocycles. The number of aromatic nitrogens is 7. The van der Waals surface area contributed by atoms with Gasteiger partial charge in [-0.15, -0.1) is 0 Å². The van der Waals surface area contributed by atoms with E-state index in [4.69, 9.17) is 13.7 Å². The van der Waals surface area contributed by atoms with Crippen LogP contribution in [0.2, 0.25) is 0 Å². The van der Waals surface area contributed by atoms with Crippen LogP contribution in [0.1, 0.15) is 0 Å². The molecule has 12 aromatic carbocycles. The molecule has 0 spiro atoms. The molecule has 0 amide bonds. The van der Waals surface area contributed by atoms with Crippen molar-refractivity contribution in [2.45, 2.75) is 0 Å². The molecule has 0 N–H and O–H groups in total. The molecule has 440 valence electrons. The van der Waals surface area contributed by atoms with Gasteiger partial charge in [-0.05, 0) is 139 Å². The summed E-state index contributed by atoms with van der Waals surface area (Å²) in [4.78, 5) is 15.1. The minimum atomic E-state index is 0.733. The number of fused-ring (bicyclic) bond motifs is 17. The highest BCUT2D eigenvalue weighted by atomic mass is 32.1. The maximum absolute atomic E-state index is 5.66. The van der Waals surface area contributed by atoms with Crippen molar-refractivity contribution in [3.63, 3.8) is 0 Å². The molecule has 93 heavy (non-hydrogen) atoms. The van der Waals surface area contributed by atoms with Crippen LogP contribution in [0.15, 0.2) is 261 Å². The minimum Gasteiger partial charge on any atom is -0.344 e. The van der Waals surface area contributed by atoms with Crippen LogP contribution in [0.5, 0.6) is 0 Å². The molecule has 12 heteroatoms. The van der Waals surface area contributed by atoms with E-state index in [2.05, 4.69) is 321 Å². The summed E-state index contributed by atoms with van der Waals surface area (Å²) >= 11 is 1.23. The van der Waals surface area contributed by atoms with Crippen molar-refractivity contribution in [1.82, 2.24) is 32.0 Å². The Balaban J connectivity index is 0.843. The van der Waals surface area contributed by atoms with Gasteiger partial charge in [0.2, 0.25) is 0 Å². The Morgan fingerprint density at radius 2 is 0.613 bits per heavy atom. The van der Waals surface area contributed by atoms with Gasteiger partial charge in [0.25, 0.3) is 0 Å². The van der Waals surface area contributed by atoms with E-state index in [0.717, 1.165) is 124 Å². The summed E-state index contributed by atoms with van der Waals surface area (Å²) in [6, 6.07) is 93.6. The first kappa shape index (κ1) is 51.8. The van der Waals surface area contributed by atoms with Crippen LogP contribution in [0.4, 0.5) is 56.9 Å². The quantitative estimate of drug-likeness (QED) is 0.164. The van der Waals surface area contributed by atoms with E-state index >= 15 is 0 Å². The van der Waals surface area contributed by atoms with Crippen molar-refractivity contribution in [3.05, 3.63) is 261 Å². The second-order valence-electron chi connectivity index (χ2n) is 24.8. The number of nitrogens with zero attached hydrogens (tertiary/aromatic N) is 11. The lowest BCUT2D eigenvalue weighted by atomic mass is 9.99. The van der Waals surface area contributed by atoms with Crippen LogP contribution in [0.3, 0.4) is 0 Å². The summed E-state index contributed by atoms with van der Waals surface area (Å²) in [5.41, 5.74) is 27.1. The zero-order chi connectivity index (χ0) is 61.5. The first-order chi connectivity index (χ1) is 45.8. The molecule has 2 aliphatic rings. The first-order valence-electron chi connectivity index (χ1n) is 31.5. The van der Waals surface area contributed by atoms with Crippen molar-refractivity contribution in [2.75, 3.05) is 33.7 Å². The largest absolute Gasteiger partial charge is 0.344 e. The highest BCUT2D eigenvalue weighted by Gasteiger charge is 2.32. The third-order valence-corrected chi connectivity index (χ3v) is 20.6. The fraction of sp³-hybridized carbons (Fsp3) is 0.0494. The van der Waals surface area contributed by atoms with Gasteiger partial charge in [-0.25, -0.2) is 0 Å². The Hall–Kier alpha value is -12.0. The van der Waals surface area contributed by atoms with Crippen molar-refractivity contribution in [1.29, 1.82) is 0 Å². The highest BCUT2D eigenvalue weighted by molar-refractivity contribution is 7.00. The van der Waals surface area contributed by atoms with E-state index in [1.54, 1.807) is 0 Å². The van der Waals surface area contributed by atoms with Gasteiger partial charge in [0.1, 0.15) is 11.0 Å². The molecule has 6 aromatic heterocycles. The highest BCUT2D eigenvalue weighted by Crippen LogP contribution is 2.55. The Morgan fingerprint density at radius 1 is 0.280 bits per heavy atom. The summed E-state index contributed by atoms with van der Waals surface area (Å²) in [6.45, 7) is 0. The van der Waals surface area contributed by atoms with Crippen LogP contribution in [0.25, 0.3) is 132 Å². The molecule has 0 atom stereocenters. The lowest BCUT2D eigenvalue weighted by molar-refractivity contribution is 1.02. The smallest absolute Gasteiger partial charge is 0.131 e. The van der Waals surface area contributed by atoms with Crippen LogP contribution in [-0.2, 0) is 14.1 Å². The van der Waals surface area contributed by atoms with Crippen molar-refractivity contribution in [2.24, 2.45) is 14.1 Å². The summed E-state index contributed by atoms with van der Waals surface area (Å²) in [7, 11) is 8.68. The second-order valence-corrected chi connectivity index (χ2v) is 25.4. The van der Waals surface area contributed by atoms with E-state index in [9.17, 15) is 0 Å². The lowest BCUT2D eigenvalue weighted by Crippen LogP contribution is -2.24. The van der Waals surface area contributed by atoms with Crippen LogP contribution >= 0.6 is 11.7 Å². The SMILES string of the molecule is CN1c2ccccc2N(c2cc(-c3cnc(-c4cc(N5c6ccccc6N(C)c6ccccc65)cc(-n5c6ccccc6c6cc7c(cc65)c5ccccc5n7C)c4)c4nsnc34)cc(-n3c4ccccc4c4cc5c(cc43)c3ccccc3n5C)c2)c2ccccc21. The van der Waals surface area contributed by atoms with Crippen LogP contribution in [-0.4, -0.2) is 46.1 Å². The van der Waals surface area contributed by atoms with Crippen LogP contribution < -0.4 is 19.6 Å². The molecule has 20 rings (SSSR count). The molecule has 11 nitrogen and oxygen atoms in total. The number of aryl methyl sites for hydroxylation is 2. The van der Waals surface area contributed by atoms with Crippen molar-refractivity contribution < 1.29 is 0 Å². The molecule has 0 saturated heterocycles. The summed E-state index contributed by atoms with van der Waals surface area (Å²) in [6.07, 6.45) is 2.05. The molecule has 0 radical (unpaired) electrons. The molecule has 0 fully saturated rings. The topological polar surface area (TPSA) is 71.3 Å². The van der Waals surface area contributed by atoms with Gasteiger partial charge in [0.05, 0.1) is 85.0 Å². The summed E-state index contributed by atoms with van der Waals surface area (Å²) in [5.74, 6) is 0. The number of anilines is 10. The van der Waals surface area contributed by atoms with Gasteiger partial charge in [-0.3, -0.25) is 4.98 Å². The molecular weight excluding hydrogens is 1160 g/mol. The maximum Gasteiger partial charge on any atom is 0.131 e. The van der Waals surface area contributed by atoms with Gasteiger partial charge in [-0.2, -0.15) is 8.75 Å². The van der Waals surface area contributed by atoms with Crippen molar-refractivity contribution >= 4 is 167 Å². The van der Waals surface area contributed by atoms with E-state index in [1.807, 2.05) is 6.20 Å². The molecule has 8 heterocycles. The number of hydrogen-bond donors (Lipinski definition) is 0. The molecular formula is C81H55N11S. The van der Waals surface area contributed by atoms with E-state index in [1.165, 1.54) is 76.9 Å². The van der Waals surface area contributed by atoms with E-state index < -0.39 is 0 Å². The lowest BCUT2D eigenvalue weighted by Gasteiger charge is -2.38. The Labute approximate surface area is 538 Å². The predicted octanol–water partition coefficient (Wildman–Crippen LogP) is 21.0. The standard InChI is InChI=1S/C81H55N11S/c1-85-63-25-9-5-21-54(63)58-45-77-60(43-75(58)85)56-23-7-11-27-65(56)89(77)50-37-48(38-51(41-50)91-71-33-17-13-29-67(71)87(3)68-30-14-18-34-72(68)91)62-47-82-79(81-80(62)83-93-84-81)49-39-52(42-53(40-49)92-73-35-19-15-31-69(73)88(4)70-32-16-20-36-74(70)92)90-66-28-12-8-24-57(66)61-44-76-59(46-78(61)90)55-22-6-10-26-64(55)86(76)2/h5-47H,1-4H3. The van der Waals surface area contributed by atoms with E-state index in [0.29, 0.717) is 0 Å². The number of hydrogen-bond acceptors (Lipinski definition) is 8. The summed E-state index contributed by atoms with van der Waals surface area (Å²) < 4.78 is 20.1. The number of benzene rings is 12. The third kappa shape index (κ3) is 7.26. The zero-order valence-corrected chi connectivity index (χ0v) is 52.0. The van der Waals surface area contributed by atoms with Crippen molar-refractivity contribution in [3.8, 4) is 33.8 Å². The molecule has 2 aliphatic heterocycles. The van der Waals surface area contributed by atoms with Crippen LogP contribution in [0, 0.1) is 0 Å². The normalized spacial score (nSPS) is 13.1. The predicted molar refractivity (Wildman–Crippen MR) is 388 cm³/mol. The second kappa shape index (κ2) is 19.3. The molecule has 0 unspecified atom stereocenters. The average Bonchev–Trinajstić information content (AvgIpc) is 1.62. The number of pyridine rings is 1. The summed E-state index contributed by atoms with van der Waals surface area (Å²) in [5, 5.41) is 9.63. The average molecular weight is 1210 g/mol. The fourth-order valence-corrected chi connectivity index (χ4v) is 16.4. The fourth-order valence-electron chi connectivity index (χ4n) is 15.8. The van der Waals surface area contributed by atoms with Gasteiger partial charge in [0, 0.05) is 133 Å². The first-order valence-corrected chi connectivity index (χ1v) is 32.2. The Morgan fingerprint density at radius 3 is 1.06 bits per heavy atom. The van der Waals surface area contributed by atoms with Gasteiger partial charge < -0.3 is 37.9 Å². The zero-order valence-electron chi connectivity index (χ0n) is 51.2. The third-order valence-electron chi connectivity index (χ3n) is 20.1. The Kier molecular flexibility index (Phi) is 10.7. The number of rotatable bonds is 6. The van der Waals surface area contributed by atoms with Gasteiger partial charge >= 0.3 is 0 Å². The molecule has 18 aromatic rings. The molecule has 0 bridgehead atoms. The number of para-hydroxylation sites is 12. The Bertz CT molecular complexity index is 5780.